The van der Waals surface area contributed by atoms with Gasteiger partial charge in [-0.05, 0) is 18.1 Å². The quantitative estimate of drug-likeness (QED) is 0.327. The summed E-state index contributed by atoms with van der Waals surface area (Å²) < 4.78 is 83.1. The number of hydrogen-bond acceptors (Lipinski definition) is 6. The molecular formula is C10H10F3O6PS. The van der Waals surface area contributed by atoms with Crippen molar-refractivity contribution in [3.05, 3.63) is 23.8 Å². The highest BCUT2D eigenvalue weighted by atomic mass is 32.2. The number of aryl methyl sites for hydroxylation is 1. The van der Waals surface area contributed by atoms with Gasteiger partial charge in [-0.25, -0.2) is 8.75 Å². The van der Waals surface area contributed by atoms with Crippen LogP contribution in [0, 0.1) is 0 Å². The Balaban J connectivity index is 3.27. The van der Waals surface area contributed by atoms with Gasteiger partial charge in [0.15, 0.2) is 12.5 Å². The van der Waals surface area contributed by atoms with Gasteiger partial charge in [0.1, 0.15) is 4.90 Å². The molecule has 0 saturated carbocycles. The molecule has 0 heterocycles. The second kappa shape index (κ2) is 7.17. The first-order valence-electron chi connectivity index (χ1n) is 5.43. The van der Waals surface area contributed by atoms with Crippen molar-refractivity contribution in [2.75, 3.05) is 6.79 Å². The molecule has 0 spiro atoms. The van der Waals surface area contributed by atoms with Crippen molar-refractivity contribution in [2.45, 2.75) is 24.6 Å². The van der Waals surface area contributed by atoms with Gasteiger partial charge in [0.25, 0.3) is 0 Å². The molecule has 118 valence electrons. The molecule has 11 heteroatoms. The number of halogens is 3. The van der Waals surface area contributed by atoms with Crippen molar-refractivity contribution in [3.63, 3.8) is 0 Å². The van der Waals surface area contributed by atoms with Gasteiger partial charge in [-0.2, -0.15) is 8.42 Å². The van der Waals surface area contributed by atoms with E-state index >= 15 is 0 Å². The summed E-state index contributed by atoms with van der Waals surface area (Å²) in [6.45, 7) is 0.648. The minimum atomic E-state index is -5.05. The van der Waals surface area contributed by atoms with Gasteiger partial charge in [-0.15, -0.1) is 13.2 Å². The Morgan fingerprint density at radius 1 is 1.29 bits per heavy atom. The summed E-state index contributed by atoms with van der Waals surface area (Å²) in [5, 5.41) is 0. The SMILES string of the molecule is CCc1cccc(OC(F)(F)F)c1S(=O)(=O)OCOP=O. The first kappa shape index (κ1) is 17.8. The third-order valence-electron chi connectivity index (χ3n) is 2.23. The lowest BCUT2D eigenvalue weighted by molar-refractivity contribution is -0.275. The van der Waals surface area contributed by atoms with Crippen molar-refractivity contribution >= 4 is 18.8 Å². The Labute approximate surface area is 120 Å². The molecule has 0 aliphatic heterocycles. The number of rotatable bonds is 7. The summed E-state index contributed by atoms with van der Waals surface area (Å²) in [7, 11) is -5.40. The molecule has 0 aliphatic carbocycles. The molecule has 0 unspecified atom stereocenters. The Morgan fingerprint density at radius 2 is 1.95 bits per heavy atom. The molecular weight excluding hydrogens is 336 g/mol. The first-order chi connectivity index (χ1) is 9.71. The number of alkyl halides is 3. The zero-order valence-corrected chi connectivity index (χ0v) is 12.3. The summed E-state index contributed by atoms with van der Waals surface area (Å²) >= 11 is 0. The van der Waals surface area contributed by atoms with Gasteiger partial charge in [-0.3, -0.25) is 4.52 Å². The molecule has 0 radical (unpaired) electrons. The number of ether oxygens (including phenoxy) is 1. The lowest BCUT2D eigenvalue weighted by Gasteiger charge is -2.15. The smallest absolute Gasteiger partial charge is 0.404 e. The highest BCUT2D eigenvalue weighted by Gasteiger charge is 2.35. The molecule has 1 aromatic rings. The zero-order valence-electron chi connectivity index (χ0n) is 10.6. The Hall–Kier alpha value is -1.22. The predicted molar refractivity (Wildman–Crippen MR) is 64.3 cm³/mol. The van der Waals surface area contributed by atoms with E-state index in [1.54, 1.807) is 6.92 Å². The van der Waals surface area contributed by atoms with Crippen LogP contribution in [0.25, 0.3) is 0 Å². The number of benzene rings is 1. The maximum Gasteiger partial charge on any atom is 0.573 e. The molecule has 0 aliphatic rings. The van der Waals surface area contributed by atoms with Crippen LogP contribution < -0.4 is 4.74 Å². The second-order valence-electron chi connectivity index (χ2n) is 3.54. The van der Waals surface area contributed by atoms with Crippen LogP contribution in [0.2, 0.25) is 0 Å². The highest BCUT2D eigenvalue weighted by molar-refractivity contribution is 7.87. The third kappa shape index (κ3) is 5.24. The monoisotopic (exact) mass is 346 g/mol. The van der Waals surface area contributed by atoms with E-state index in [9.17, 15) is 26.2 Å². The summed E-state index contributed by atoms with van der Waals surface area (Å²) in [6, 6.07) is 3.41. The van der Waals surface area contributed by atoms with Gasteiger partial charge >= 0.3 is 25.2 Å². The van der Waals surface area contributed by atoms with Crippen molar-refractivity contribution < 1.29 is 39.6 Å². The summed E-state index contributed by atoms with van der Waals surface area (Å²) in [5.74, 6) is -0.901. The standard InChI is InChI=1S/C10H10F3O6PS/c1-2-7-4-3-5-8(19-10(11,12)13)9(7)21(15,16)18-6-17-20-14/h3-5H,2,6H2,1H3. The van der Waals surface area contributed by atoms with Gasteiger partial charge in [0, 0.05) is 0 Å². The molecule has 1 aromatic carbocycles. The first-order valence-corrected chi connectivity index (χ1v) is 7.57. The van der Waals surface area contributed by atoms with Gasteiger partial charge in [-0.1, -0.05) is 19.1 Å². The topological polar surface area (TPSA) is 78.9 Å². The average Bonchev–Trinajstić information content (AvgIpc) is 2.36. The summed E-state index contributed by atoms with van der Waals surface area (Å²) in [4.78, 5) is -0.740. The van der Waals surface area contributed by atoms with Gasteiger partial charge < -0.3 is 4.74 Å². The molecule has 0 saturated heterocycles. The van der Waals surface area contributed by atoms with Crippen LogP contribution in [0.15, 0.2) is 23.1 Å². The maximum atomic E-state index is 12.3. The van der Waals surface area contributed by atoms with Crippen molar-refractivity contribution in [1.29, 1.82) is 0 Å². The maximum absolute atomic E-state index is 12.3. The second-order valence-corrected chi connectivity index (χ2v) is 5.50. The predicted octanol–water partition coefficient (Wildman–Crippen LogP) is 3.03. The molecule has 0 aromatic heterocycles. The molecule has 0 fully saturated rings. The van der Waals surface area contributed by atoms with Crippen molar-refractivity contribution in [1.82, 2.24) is 0 Å². The van der Waals surface area contributed by atoms with E-state index in [0.29, 0.717) is 0 Å². The fraction of sp³-hybridized carbons (Fsp3) is 0.400. The van der Waals surface area contributed by atoms with E-state index in [1.165, 1.54) is 12.1 Å². The normalized spacial score (nSPS) is 12.6. The Morgan fingerprint density at radius 3 is 2.48 bits per heavy atom. The average molecular weight is 346 g/mol. The zero-order chi connectivity index (χ0) is 16.1. The van der Waals surface area contributed by atoms with Crippen LogP contribution in [-0.4, -0.2) is 21.6 Å². The van der Waals surface area contributed by atoms with Gasteiger partial charge in [0.05, 0.1) is 0 Å². The van der Waals surface area contributed by atoms with Crippen molar-refractivity contribution in [2.24, 2.45) is 0 Å². The van der Waals surface area contributed by atoms with Crippen LogP contribution in [0.1, 0.15) is 12.5 Å². The van der Waals surface area contributed by atoms with E-state index in [-0.39, 0.29) is 12.0 Å². The van der Waals surface area contributed by atoms with E-state index in [0.717, 1.165) is 6.07 Å². The van der Waals surface area contributed by atoms with Gasteiger partial charge in [0.2, 0.25) is 0 Å². The molecule has 0 amide bonds. The molecule has 0 bridgehead atoms. The molecule has 0 N–H and O–H groups in total. The largest absolute Gasteiger partial charge is 0.573 e. The van der Waals surface area contributed by atoms with E-state index < -0.39 is 42.6 Å². The van der Waals surface area contributed by atoms with E-state index in [2.05, 4.69) is 13.4 Å². The molecule has 6 nitrogen and oxygen atoms in total. The van der Waals surface area contributed by atoms with Crippen LogP contribution in [0.5, 0.6) is 5.75 Å². The highest BCUT2D eigenvalue weighted by Crippen LogP contribution is 2.33. The Bertz CT molecular complexity index is 601. The van der Waals surface area contributed by atoms with Crippen molar-refractivity contribution in [3.8, 4) is 5.75 Å². The minimum absolute atomic E-state index is 0.0800. The third-order valence-corrected chi connectivity index (χ3v) is 3.81. The van der Waals surface area contributed by atoms with Crippen LogP contribution in [0.3, 0.4) is 0 Å². The van der Waals surface area contributed by atoms with Crippen LogP contribution in [0.4, 0.5) is 13.2 Å². The lowest BCUT2D eigenvalue weighted by Crippen LogP contribution is -2.20. The van der Waals surface area contributed by atoms with E-state index in [4.69, 9.17) is 0 Å². The van der Waals surface area contributed by atoms with Crippen LogP contribution in [-0.2, 0) is 29.8 Å². The molecule has 21 heavy (non-hydrogen) atoms. The molecule has 0 atom stereocenters. The van der Waals surface area contributed by atoms with Crippen LogP contribution >= 0.6 is 8.69 Å². The van der Waals surface area contributed by atoms with E-state index in [1.807, 2.05) is 0 Å². The minimum Gasteiger partial charge on any atom is -0.404 e. The fourth-order valence-corrected chi connectivity index (χ4v) is 2.84. The fourth-order valence-electron chi connectivity index (χ4n) is 1.49. The lowest BCUT2D eigenvalue weighted by atomic mass is 10.1. The summed E-state index contributed by atoms with van der Waals surface area (Å²) in [6.07, 6.45) is -4.92. The Kier molecular flexibility index (Phi) is 6.09. The summed E-state index contributed by atoms with van der Waals surface area (Å²) in [5.41, 5.74) is 0.0800. The number of hydrogen-bond donors (Lipinski definition) is 0. The molecule has 1 rings (SSSR count).